The summed E-state index contributed by atoms with van der Waals surface area (Å²) >= 11 is 2.36. The Labute approximate surface area is 142 Å². The SMILES string of the molecule is C=C(C)[I-][C@@H](CB1O[C@](C)(I)[N+](C)(C)O1)CC(C)C. The summed E-state index contributed by atoms with van der Waals surface area (Å²) in [5.41, 5.74) is 0. The standard InChI is InChI=1S/C13H26BI2NO2/c1-10(2)8-12(16-11(3)4)9-14-18-13(5,15)17(6,7)19-14/h10,12H,3,8-9H2,1-2,4-7H3/t12-,13-/m1/s1. The molecule has 112 valence electrons. The summed E-state index contributed by atoms with van der Waals surface area (Å²) in [7, 11) is 4.02. The monoisotopic (exact) mass is 493 g/mol. The van der Waals surface area contributed by atoms with E-state index < -0.39 is 0 Å². The van der Waals surface area contributed by atoms with Crippen molar-refractivity contribution in [2.75, 3.05) is 14.1 Å². The topological polar surface area (TPSA) is 18.5 Å². The quantitative estimate of drug-likeness (QED) is 0.178. The number of hydrogen-bond donors (Lipinski definition) is 0. The molecule has 0 amide bonds. The number of allylic oxidation sites excluding steroid dienone is 1. The van der Waals surface area contributed by atoms with Crippen molar-refractivity contribution >= 4 is 29.7 Å². The van der Waals surface area contributed by atoms with Crippen LogP contribution >= 0.6 is 22.6 Å². The van der Waals surface area contributed by atoms with Gasteiger partial charge in [0.05, 0.1) is 0 Å². The second-order valence-corrected chi connectivity index (χ2v) is 12.3. The molecule has 1 aliphatic heterocycles. The van der Waals surface area contributed by atoms with E-state index in [1.807, 2.05) is 0 Å². The van der Waals surface area contributed by atoms with Gasteiger partial charge in [0.15, 0.2) is 0 Å². The van der Waals surface area contributed by atoms with Crippen molar-refractivity contribution < 1.29 is 35.3 Å². The molecule has 0 aromatic carbocycles. The van der Waals surface area contributed by atoms with Crippen molar-refractivity contribution in [3.63, 3.8) is 0 Å². The number of hydroxylamine groups is 3. The van der Waals surface area contributed by atoms with E-state index in [4.69, 9.17) is 9.41 Å². The average Bonchev–Trinajstić information content (AvgIpc) is 2.31. The molecule has 0 N–H and O–H groups in total. The van der Waals surface area contributed by atoms with Crippen molar-refractivity contribution in [2.45, 2.75) is 48.1 Å². The van der Waals surface area contributed by atoms with Gasteiger partial charge in [-0.05, 0) is 0 Å². The van der Waals surface area contributed by atoms with E-state index in [2.05, 4.69) is 71.0 Å². The first-order chi connectivity index (χ1) is 8.53. The normalized spacial score (nSPS) is 28.1. The molecule has 1 aliphatic rings. The number of halogens is 2. The van der Waals surface area contributed by atoms with Gasteiger partial charge in [-0.1, -0.05) is 0 Å². The Morgan fingerprint density at radius 1 is 1.47 bits per heavy atom. The van der Waals surface area contributed by atoms with Crippen LogP contribution in [-0.2, 0) is 9.41 Å². The number of hydrogen-bond acceptors (Lipinski definition) is 2. The fourth-order valence-electron chi connectivity index (χ4n) is 2.04. The van der Waals surface area contributed by atoms with Gasteiger partial charge < -0.3 is 0 Å². The van der Waals surface area contributed by atoms with Gasteiger partial charge in [0.25, 0.3) is 0 Å². The van der Waals surface area contributed by atoms with Crippen LogP contribution < -0.4 is 21.2 Å². The van der Waals surface area contributed by atoms with Gasteiger partial charge in [0.2, 0.25) is 0 Å². The Bertz CT molecular complexity index is 319. The number of alkyl halides is 2. The summed E-state index contributed by atoms with van der Waals surface area (Å²) in [4.78, 5) is 0. The first-order valence-corrected chi connectivity index (χ1v) is 10.1. The fourth-order valence-corrected chi connectivity index (χ4v) is 5.88. The van der Waals surface area contributed by atoms with Crippen molar-refractivity contribution in [3.05, 3.63) is 10.2 Å². The zero-order valence-electron chi connectivity index (χ0n) is 12.9. The second-order valence-electron chi connectivity index (χ2n) is 6.12. The van der Waals surface area contributed by atoms with E-state index in [1.165, 1.54) is 10.0 Å². The molecule has 1 heterocycles. The molecule has 0 aromatic heterocycles. The maximum absolute atomic E-state index is 6.08. The molecule has 0 aromatic rings. The van der Waals surface area contributed by atoms with Gasteiger partial charge >= 0.3 is 143 Å². The van der Waals surface area contributed by atoms with Gasteiger partial charge in [-0.15, -0.1) is 0 Å². The Balaban J connectivity index is 2.63. The summed E-state index contributed by atoms with van der Waals surface area (Å²) in [6.45, 7) is 12.9. The van der Waals surface area contributed by atoms with Crippen molar-refractivity contribution in [3.8, 4) is 0 Å². The number of rotatable bonds is 6. The van der Waals surface area contributed by atoms with Crippen molar-refractivity contribution in [1.82, 2.24) is 0 Å². The van der Waals surface area contributed by atoms with Crippen LogP contribution in [0.4, 0.5) is 0 Å². The molecule has 0 unspecified atom stereocenters. The third kappa shape index (κ3) is 5.45. The summed E-state index contributed by atoms with van der Waals surface area (Å²) in [5.74, 6) is 0.721. The van der Waals surface area contributed by atoms with E-state index >= 15 is 0 Å². The molecule has 0 aliphatic carbocycles. The first-order valence-electron chi connectivity index (χ1n) is 6.71. The molecule has 19 heavy (non-hydrogen) atoms. The van der Waals surface area contributed by atoms with E-state index in [-0.39, 0.29) is 32.1 Å². The molecule has 0 spiro atoms. The van der Waals surface area contributed by atoms with E-state index in [0.717, 1.165) is 12.2 Å². The second kappa shape index (κ2) is 6.94. The predicted molar refractivity (Wildman–Crippen MR) is 85.3 cm³/mol. The molecular formula is C13H26BI2NO2. The first kappa shape index (κ1) is 18.2. The van der Waals surface area contributed by atoms with Gasteiger partial charge in [-0.3, -0.25) is 0 Å². The molecule has 0 bridgehead atoms. The molecule has 3 nitrogen and oxygen atoms in total. The molecule has 0 radical (unpaired) electrons. The fraction of sp³-hybridized carbons (Fsp3) is 0.846. The van der Waals surface area contributed by atoms with Crippen LogP contribution in [-0.4, -0.2) is 33.5 Å². The average molecular weight is 493 g/mol. The summed E-state index contributed by atoms with van der Waals surface area (Å²) in [6, 6.07) is 0. The van der Waals surface area contributed by atoms with Crippen LogP contribution in [0.15, 0.2) is 10.2 Å². The number of quaternary nitrogens is 1. The minimum absolute atomic E-state index is 0.0210. The zero-order chi connectivity index (χ0) is 14.8. The van der Waals surface area contributed by atoms with Crippen LogP contribution in [0.1, 0.15) is 34.1 Å². The Morgan fingerprint density at radius 3 is 2.42 bits per heavy atom. The van der Waals surface area contributed by atoms with Crippen molar-refractivity contribution in [1.29, 1.82) is 0 Å². The van der Waals surface area contributed by atoms with Crippen molar-refractivity contribution in [2.24, 2.45) is 5.92 Å². The van der Waals surface area contributed by atoms with E-state index in [0.29, 0.717) is 8.57 Å². The van der Waals surface area contributed by atoms with Crippen LogP contribution in [0, 0.1) is 5.92 Å². The molecular weight excluding hydrogens is 467 g/mol. The summed E-state index contributed by atoms with van der Waals surface area (Å²) < 4.78 is 14.3. The maximum atomic E-state index is 6.08. The molecule has 2 atom stereocenters. The summed E-state index contributed by atoms with van der Waals surface area (Å²) in [6.07, 6.45) is 2.24. The molecule has 0 saturated carbocycles. The third-order valence-electron chi connectivity index (χ3n) is 3.21. The van der Waals surface area contributed by atoms with Crippen LogP contribution in [0.25, 0.3) is 0 Å². The zero-order valence-corrected chi connectivity index (χ0v) is 17.2. The molecule has 1 saturated heterocycles. The third-order valence-corrected chi connectivity index (χ3v) is 7.58. The van der Waals surface area contributed by atoms with Gasteiger partial charge in [-0.25, -0.2) is 0 Å². The van der Waals surface area contributed by atoms with E-state index in [9.17, 15) is 0 Å². The molecule has 1 rings (SSSR count). The van der Waals surface area contributed by atoms with E-state index in [1.54, 1.807) is 0 Å². The Hall–Kier alpha value is 1.14. The Morgan fingerprint density at radius 2 is 2.05 bits per heavy atom. The van der Waals surface area contributed by atoms with Gasteiger partial charge in [0, 0.05) is 0 Å². The molecule has 6 heteroatoms. The predicted octanol–water partition coefficient (Wildman–Crippen LogP) is 0.659. The van der Waals surface area contributed by atoms with Crippen LogP contribution in [0.5, 0.6) is 0 Å². The van der Waals surface area contributed by atoms with Gasteiger partial charge in [0.1, 0.15) is 0 Å². The number of nitrogens with zero attached hydrogens (tertiary/aromatic N) is 1. The Kier molecular flexibility index (Phi) is 6.64. The summed E-state index contributed by atoms with van der Waals surface area (Å²) in [5, 5.41) is 0. The minimum atomic E-state index is -0.299. The van der Waals surface area contributed by atoms with Crippen LogP contribution in [0.2, 0.25) is 6.32 Å². The molecule has 1 fully saturated rings. The van der Waals surface area contributed by atoms with Gasteiger partial charge in [-0.2, -0.15) is 0 Å². The van der Waals surface area contributed by atoms with Crippen LogP contribution in [0.3, 0.4) is 0 Å².